The molecule has 33 valence electrons. The van der Waals surface area contributed by atoms with Crippen molar-refractivity contribution >= 4 is 0 Å². The van der Waals surface area contributed by atoms with E-state index in [4.69, 9.17) is 0 Å². The molecule has 0 bridgehead atoms. The van der Waals surface area contributed by atoms with Crippen molar-refractivity contribution in [2.24, 2.45) is 0 Å². The Kier molecular flexibility index (Phi) is 1.84. The maximum atomic E-state index is 2.50. The molecule has 0 atom stereocenters. The Hall–Kier alpha value is 0.830. The van der Waals surface area contributed by atoms with Crippen molar-refractivity contribution in [1.29, 1.82) is 0 Å². The zero-order valence-corrected chi connectivity index (χ0v) is 7.37. The molecule has 1 aliphatic rings. The Labute approximate surface area is 53.7 Å². The van der Waals surface area contributed by atoms with Crippen LogP contribution in [0.25, 0.3) is 0 Å². The SMILES string of the molecule is [Hf][N]1CCCC1. The van der Waals surface area contributed by atoms with Crippen LogP contribution < -0.4 is 0 Å². The average Bonchev–Trinajstić information content (AvgIpc) is 1.86. The van der Waals surface area contributed by atoms with E-state index in [0.29, 0.717) is 0 Å². The summed E-state index contributed by atoms with van der Waals surface area (Å²) in [5, 5.41) is 0. The summed E-state index contributed by atoms with van der Waals surface area (Å²) in [6.45, 7) is 2.76. The van der Waals surface area contributed by atoms with Gasteiger partial charge in [0.25, 0.3) is 0 Å². The Morgan fingerprint density at radius 2 is 1.67 bits per heavy atom. The van der Waals surface area contributed by atoms with E-state index in [2.05, 4.69) is 2.89 Å². The third-order valence-electron chi connectivity index (χ3n) is 1.11. The van der Waals surface area contributed by atoms with Crippen LogP contribution in [0.2, 0.25) is 0 Å². The molecule has 1 nitrogen and oxygen atoms in total. The molecule has 0 aromatic rings. The van der Waals surface area contributed by atoms with Crippen LogP contribution in [0.1, 0.15) is 12.8 Å². The van der Waals surface area contributed by atoms with Crippen LogP contribution in [0.5, 0.6) is 0 Å². The first kappa shape index (κ1) is 4.98. The third kappa shape index (κ3) is 1.16. The fourth-order valence-electron chi connectivity index (χ4n) is 0.717. The van der Waals surface area contributed by atoms with Gasteiger partial charge >= 0.3 is 53.5 Å². The monoisotopic (exact) mass is 250 g/mol. The van der Waals surface area contributed by atoms with Gasteiger partial charge < -0.3 is 0 Å². The van der Waals surface area contributed by atoms with Crippen LogP contribution in [0.4, 0.5) is 0 Å². The second kappa shape index (κ2) is 2.22. The maximum absolute atomic E-state index is 2.50. The van der Waals surface area contributed by atoms with Gasteiger partial charge in [-0.3, -0.25) is 0 Å². The van der Waals surface area contributed by atoms with E-state index in [-0.39, 0.29) is 0 Å². The summed E-state index contributed by atoms with van der Waals surface area (Å²) in [5.41, 5.74) is 0. The molecule has 0 amide bonds. The molecule has 0 saturated carbocycles. The predicted molar refractivity (Wildman–Crippen MR) is 20.8 cm³/mol. The van der Waals surface area contributed by atoms with Crippen molar-refractivity contribution in [3.63, 3.8) is 0 Å². The second-order valence-electron chi connectivity index (χ2n) is 1.69. The molecule has 0 radical (unpaired) electrons. The molecule has 0 N–H and O–H groups in total. The molecule has 1 fully saturated rings. The fraction of sp³-hybridized carbons (Fsp3) is 1.00. The summed E-state index contributed by atoms with van der Waals surface area (Å²) in [7, 11) is 0. The molecule has 1 heterocycles. The molecule has 2 heteroatoms. The topological polar surface area (TPSA) is 3.24 Å². The predicted octanol–water partition coefficient (Wildman–Crippen LogP) is 0.544. The van der Waals surface area contributed by atoms with Crippen LogP contribution in [-0.4, -0.2) is 16.0 Å². The molecule has 1 saturated heterocycles. The summed E-state index contributed by atoms with van der Waals surface area (Å²) < 4.78 is 2.50. The van der Waals surface area contributed by atoms with Gasteiger partial charge in [-0.05, 0) is 0 Å². The third-order valence-corrected chi connectivity index (χ3v) is 2.71. The zero-order valence-electron chi connectivity index (χ0n) is 3.78. The Morgan fingerprint density at radius 1 is 1.17 bits per heavy atom. The number of rotatable bonds is 0. The van der Waals surface area contributed by atoms with E-state index < -0.39 is 0 Å². The molecular formula is C4H8HfN. The van der Waals surface area contributed by atoms with Gasteiger partial charge in [0.1, 0.15) is 0 Å². The first-order chi connectivity index (χ1) is 2.89. The molecule has 0 unspecified atom stereocenters. The first-order valence-electron chi connectivity index (χ1n) is 2.36. The summed E-state index contributed by atoms with van der Waals surface area (Å²) in [6.07, 6.45) is 2.90. The van der Waals surface area contributed by atoms with Crippen molar-refractivity contribution in [2.75, 3.05) is 13.1 Å². The first-order valence-corrected chi connectivity index (χ1v) is 3.96. The van der Waals surface area contributed by atoms with E-state index >= 15 is 0 Å². The van der Waals surface area contributed by atoms with E-state index in [1.165, 1.54) is 50.6 Å². The minimum absolute atomic E-state index is 1.29. The van der Waals surface area contributed by atoms with Gasteiger partial charge in [-0.15, -0.1) is 0 Å². The van der Waals surface area contributed by atoms with E-state index in [1.807, 2.05) is 0 Å². The molecule has 6 heavy (non-hydrogen) atoms. The summed E-state index contributed by atoms with van der Waals surface area (Å²) in [6, 6.07) is 0. The Balaban J connectivity index is 2.18. The standard InChI is InChI=1S/C4H8N.Hf/c1-2-4-5-3-1;/h1-4H2;/q-1;+1. The zero-order chi connectivity index (χ0) is 4.41. The summed E-state index contributed by atoms with van der Waals surface area (Å²) >= 11 is 1.29. The van der Waals surface area contributed by atoms with E-state index in [0.717, 1.165) is 0 Å². The second-order valence-corrected chi connectivity index (χ2v) is 3.97. The van der Waals surface area contributed by atoms with Crippen LogP contribution in [-0.2, 0) is 24.7 Å². The molecule has 1 aliphatic heterocycles. The molecule has 0 aromatic carbocycles. The number of hydrogen-bond acceptors (Lipinski definition) is 1. The van der Waals surface area contributed by atoms with Gasteiger partial charge in [-0.2, -0.15) is 0 Å². The van der Waals surface area contributed by atoms with Gasteiger partial charge in [-0.1, -0.05) is 0 Å². The van der Waals surface area contributed by atoms with Gasteiger partial charge in [0.15, 0.2) is 0 Å². The van der Waals surface area contributed by atoms with Gasteiger partial charge in [0, 0.05) is 0 Å². The number of hydrogen-bond donors (Lipinski definition) is 0. The summed E-state index contributed by atoms with van der Waals surface area (Å²) in [5.74, 6) is 0. The fourth-order valence-corrected chi connectivity index (χ4v) is 1.85. The van der Waals surface area contributed by atoms with Crippen molar-refractivity contribution in [1.82, 2.24) is 2.89 Å². The van der Waals surface area contributed by atoms with Crippen LogP contribution in [0.15, 0.2) is 0 Å². The van der Waals surface area contributed by atoms with Crippen molar-refractivity contribution in [3.8, 4) is 0 Å². The van der Waals surface area contributed by atoms with Crippen LogP contribution in [0, 0.1) is 0 Å². The molecule has 0 aromatic heterocycles. The molecule has 0 spiro atoms. The van der Waals surface area contributed by atoms with Crippen molar-refractivity contribution in [2.45, 2.75) is 12.8 Å². The molecular weight excluding hydrogens is 241 g/mol. The van der Waals surface area contributed by atoms with Crippen molar-refractivity contribution in [3.05, 3.63) is 0 Å². The normalized spacial score (nSPS) is 25.2. The molecule has 0 aliphatic carbocycles. The van der Waals surface area contributed by atoms with Gasteiger partial charge in [0.2, 0.25) is 0 Å². The quantitative estimate of drug-likeness (QED) is 0.566. The minimum atomic E-state index is 1.29. The van der Waals surface area contributed by atoms with E-state index in [1.54, 1.807) is 0 Å². The number of nitrogens with zero attached hydrogens (tertiary/aromatic N) is 1. The van der Waals surface area contributed by atoms with Crippen molar-refractivity contribution < 1.29 is 24.7 Å². The Bertz CT molecular complexity index is 40.8. The summed E-state index contributed by atoms with van der Waals surface area (Å²) in [4.78, 5) is 0. The van der Waals surface area contributed by atoms with E-state index in [9.17, 15) is 0 Å². The van der Waals surface area contributed by atoms with Crippen LogP contribution >= 0.6 is 0 Å². The molecule has 1 rings (SSSR count). The van der Waals surface area contributed by atoms with Gasteiger partial charge in [-0.25, -0.2) is 0 Å². The van der Waals surface area contributed by atoms with Gasteiger partial charge in [0.05, 0.1) is 0 Å². The van der Waals surface area contributed by atoms with Crippen LogP contribution in [0.3, 0.4) is 0 Å². The Morgan fingerprint density at radius 3 is 1.83 bits per heavy atom. The average molecular weight is 249 g/mol.